The van der Waals surface area contributed by atoms with E-state index in [2.05, 4.69) is 5.32 Å². The quantitative estimate of drug-likeness (QED) is 0.823. The molecule has 5 nitrogen and oxygen atoms in total. The van der Waals surface area contributed by atoms with Crippen LogP contribution in [0.3, 0.4) is 0 Å². The summed E-state index contributed by atoms with van der Waals surface area (Å²) in [5.41, 5.74) is 6.12. The van der Waals surface area contributed by atoms with Gasteiger partial charge in [-0.15, -0.1) is 0 Å². The molecular formula is C16H29N3O2. The van der Waals surface area contributed by atoms with E-state index in [1.807, 2.05) is 4.90 Å². The van der Waals surface area contributed by atoms with E-state index in [-0.39, 0.29) is 17.4 Å². The molecule has 120 valence electrons. The van der Waals surface area contributed by atoms with E-state index in [0.29, 0.717) is 12.3 Å². The van der Waals surface area contributed by atoms with Crippen molar-refractivity contribution in [1.82, 2.24) is 10.2 Å². The number of hydrogen-bond acceptors (Lipinski definition) is 3. The van der Waals surface area contributed by atoms with Crippen molar-refractivity contribution in [2.75, 3.05) is 19.6 Å². The first-order valence-electron chi connectivity index (χ1n) is 8.30. The number of nitrogens with zero attached hydrogens (tertiary/aromatic N) is 1. The fraction of sp³-hybridized carbons (Fsp3) is 0.875. The van der Waals surface area contributed by atoms with E-state index >= 15 is 0 Å². The molecule has 0 unspecified atom stereocenters. The molecule has 0 spiro atoms. The number of nitrogens with two attached hydrogens (primary N) is 1. The van der Waals surface area contributed by atoms with Gasteiger partial charge in [-0.2, -0.15) is 0 Å². The zero-order valence-electron chi connectivity index (χ0n) is 13.2. The molecule has 21 heavy (non-hydrogen) atoms. The van der Waals surface area contributed by atoms with E-state index < -0.39 is 0 Å². The van der Waals surface area contributed by atoms with Crippen molar-refractivity contribution in [2.24, 2.45) is 11.7 Å². The van der Waals surface area contributed by atoms with Crippen LogP contribution in [0.15, 0.2) is 0 Å². The van der Waals surface area contributed by atoms with Gasteiger partial charge in [-0.25, -0.2) is 0 Å². The number of nitrogens with one attached hydrogen (secondary N) is 1. The van der Waals surface area contributed by atoms with Crippen LogP contribution in [0.2, 0.25) is 0 Å². The molecule has 0 bridgehead atoms. The standard InChI is InChI=1S/C16H29N3O2/c1-13(20)18-12-14-5-9-19(10-6-14)15(21)11-16(17)7-3-2-4-8-16/h14H,2-12,17H2,1H3,(H,18,20). The summed E-state index contributed by atoms with van der Waals surface area (Å²) < 4.78 is 0. The van der Waals surface area contributed by atoms with Crippen LogP contribution in [-0.2, 0) is 9.59 Å². The van der Waals surface area contributed by atoms with Gasteiger partial charge >= 0.3 is 0 Å². The molecule has 2 fully saturated rings. The van der Waals surface area contributed by atoms with Crippen molar-refractivity contribution in [3.8, 4) is 0 Å². The first-order chi connectivity index (χ1) is 9.98. The van der Waals surface area contributed by atoms with Crippen LogP contribution in [0, 0.1) is 5.92 Å². The third-order valence-electron chi connectivity index (χ3n) is 4.96. The third-order valence-corrected chi connectivity index (χ3v) is 4.96. The average Bonchev–Trinajstić information content (AvgIpc) is 2.46. The van der Waals surface area contributed by atoms with Gasteiger partial charge in [0, 0.05) is 38.5 Å². The highest BCUT2D eigenvalue weighted by molar-refractivity contribution is 5.77. The molecule has 3 N–H and O–H groups in total. The van der Waals surface area contributed by atoms with Crippen LogP contribution < -0.4 is 11.1 Å². The Labute approximate surface area is 127 Å². The molecule has 0 aromatic rings. The summed E-state index contributed by atoms with van der Waals surface area (Å²) in [4.78, 5) is 25.3. The Morgan fingerprint density at radius 3 is 2.38 bits per heavy atom. The maximum atomic E-state index is 12.4. The second-order valence-electron chi connectivity index (χ2n) is 6.86. The average molecular weight is 295 g/mol. The van der Waals surface area contributed by atoms with Crippen molar-refractivity contribution >= 4 is 11.8 Å². The van der Waals surface area contributed by atoms with Gasteiger partial charge in [0.15, 0.2) is 0 Å². The van der Waals surface area contributed by atoms with E-state index in [4.69, 9.17) is 5.73 Å². The molecule has 2 amide bonds. The molecule has 0 aromatic heterocycles. The number of piperidine rings is 1. The zero-order chi connectivity index (χ0) is 15.3. The summed E-state index contributed by atoms with van der Waals surface area (Å²) >= 11 is 0. The third kappa shape index (κ3) is 4.99. The monoisotopic (exact) mass is 295 g/mol. The van der Waals surface area contributed by atoms with E-state index in [1.54, 1.807) is 6.92 Å². The number of rotatable bonds is 4. The lowest BCUT2D eigenvalue weighted by molar-refractivity contribution is -0.134. The van der Waals surface area contributed by atoms with Crippen molar-refractivity contribution in [3.63, 3.8) is 0 Å². The lowest BCUT2D eigenvalue weighted by Gasteiger charge is -2.37. The Hall–Kier alpha value is -1.10. The molecule has 1 aliphatic heterocycles. The van der Waals surface area contributed by atoms with Crippen LogP contribution in [0.4, 0.5) is 0 Å². The molecule has 1 heterocycles. The normalized spacial score (nSPS) is 22.9. The SMILES string of the molecule is CC(=O)NCC1CCN(C(=O)CC2(N)CCCCC2)CC1. The van der Waals surface area contributed by atoms with Crippen molar-refractivity contribution in [3.05, 3.63) is 0 Å². The van der Waals surface area contributed by atoms with Gasteiger partial charge in [0.25, 0.3) is 0 Å². The predicted octanol–water partition coefficient (Wildman–Crippen LogP) is 1.41. The van der Waals surface area contributed by atoms with Gasteiger partial charge in [0.05, 0.1) is 0 Å². The van der Waals surface area contributed by atoms with Crippen LogP contribution in [0.1, 0.15) is 58.3 Å². The molecule has 1 aliphatic carbocycles. The Kier molecular flexibility index (Phi) is 5.62. The second kappa shape index (κ2) is 7.25. The Bertz CT molecular complexity index is 370. The maximum Gasteiger partial charge on any atom is 0.224 e. The number of amides is 2. The van der Waals surface area contributed by atoms with Gasteiger partial charge in [0.2, 0.25) is 11.8 Å². The molecule has 0 radical (unpaired) electrons. The van der Waals surface area contributed by atoms with Crippen molar-refractivity contribution < 1.29 is 9.59 Å². The molecule has 0 atom stereocenters. The number of carbonyl (C=O) groups excluding carboxylic acids is 2. The van der Waals surface area contributed by atoms with Gasteiger partial charge in [-0.1, -0.05) is 19.3 Å². The van der Waals surface area contributed by atoms with Crippen LogP contribution in [-0.4, -0.2) is 41.9 Å². The van der Waals surface area contributed by atoms with E-state index in [1.165, 1.54) is 6.42 Å². The van der Waals surface area contributed by atoms with Gasteiger partial charge in [0.1, 0.15) is 0 Å². The largest absolute Gasteiger partial charge is 0.356 e. The van der Waals surface area contributed by atoms with E-state index in [9.17, 15) is 9.59 Å². The molecule has 2 aliphatic rings. The first kappa shape index (κ1) is 16.3. The molecule has 1 saturated heterocycles. The predicted molar refractivity (Wildman–Crippen MR) is 82.6 cm³/mol. The summed E-state index contributed by atoms with van der Waals surface area (Å²) in [7, 11) is 0. The minimum atomic E-state index is -0.262. The van der Waals surface area contributed by atoms with Gasteiger partial charge in [-0.05, 0) is 31.6 Å². The van der Waals surface area contributed by atoms with Crippen molar-refractivity contribution in [2.45, 2.75) is 63.8 Å². The van der Waals surface area contributed by atoms with Gasteiger partial charge < -0.3 is 16.0 Å². The highest BCUT2D eigenvalue weighted by atomic mass is 16.2. The second-order valence-corrected chi connectivity index (χ2v) is 6.86. The fourth-order valence-electron chi connectivity index (χ4n) is 3.52. The summed E-state index contributed by atoms with van der Waals surface area (Å²) in [6, 6.07) is 0. The number of hydrogen-bond donors (Lipinski definition) is 2. The summed E-state index contributed by atoms with van der Waals surface area (Å²) in [5.74, 6) is 0.743. The minimum absolute atomic E-state index is 0.0240. The summed E-state index contributed by atoms with van der Waals surface area (Å²) in [5, 5.41) is 2.87. The molecule has 5 heteroatoms. The molecule has 2 rings (SSSR count). The lowest BCUT2D eigenvalue weighted by atomic mass is 9.80. The Morgan fingerprint density at radius 1 is 1.19 bits per heavy atom. The fourth-order valence-corrected chi connectivity index (χ4v) is 3.52. The number of likely N-dealkylation sites (tertiary alicyclic amines) is 1. The van der Waals surface area contributed by atoms with Crippen molar-refractivity contribution in [1.29, 1.82) is 0 Å². The Balaban J connectivity index is 1.73. The smallest absolute Gasteiger partial charge is 0.224 e. The highest BCUT2D eigenvalue weighted by Crippen LogP contribution is 2.29. The molecular weight excluding hydrogens is 266 g/mol. The summed E-state index contributed by atoms with van der Waals surface area (Å²) in [6.45, 7) is 3.89. The van der Waals surface area contributed by atoms with E-state index in [0.717, 1.165) is 58.2 Å². The topological polar surface area (TPSA) is 75.4 Å². The number of carbonyl (C=O) groups is 2. The van der Waals surface area contributed by atoms with Gasteiger partial charge in [-0.3, -0.25) is 9.59 Å². The first-order valence-corrected chi connectivity index (χ1v) is 8.30. The highest BCUT2D eigenvalue weighted by Gasteiger charge is 2.32. The Morgan fingerprint density at radius 2 is 1.81 bits per heavy atom. The molecule has 1 saturated carbocycles. The minimum Gasteiger partial charge on any atom is -0.356 e. The molecule has 0 aromatic carbocycles. The van der Waals surface area contributed by atoms with Crippen LogP contribution in [0.5, 0.6) is 0 Å². The van der Waals surface area contributed by atoms with Crippen LogP contribution >= 0.6 is 0 Å². The summed E-state index contributed by atoms with van der Waals surface area (Å²) in [6.07, 6.45) is 7.98. The zero-order valence-corrected chi connectivity index (χ0v) is 13.2. The lowest BCUT2D eigenvalue weighted by Crippen LogP contribution is -2.49. The maximum absolute atomic E-state index is 12.4. The van der Waals surface area contributed by atoms with Crippen LogP contribution in [0.25, 0.3) is 0 Å².